The number of hydrogen-bond acceptors (Lipinski definition) is 2. The smallest absolute Gasteiger partial charge is 0.160 e. The van der Waals surface area contributed by atoms with Crippen molar-refractivity contribution in [2.24, 2.45) is 5.92 Å². The van der Waals surface area contributed by atoms with E-state index in [-0.39, 0.29) is 0 Å². The molecule has 0 saturated heterocycles. The Labute approximate surface area is 126 Å². The van der Waals surface area contributed by atoms with Crippen molar-refractivity contribution in [1.82, 2.24) is 14.5 Å². The Morgan fingerprint density at radius 3 is 2.95 bits per heavy atom. The Kier molecular flexibility index (Phi) is 3.81. The van der Waals surface area contributed by atoms with Gasteiger partial charge in [0.05, 0.1) is 0 Å². The summed E-state index contributed by atoms with van der Waals surface area (Å²) in [5.41, 5.74) is 1.95. The van der Waals surface area contributed by atoms with Crippen LogP contribution in [-0.4, -0.2) is 20.4 Å². The Bertz CT molecular complexity index is 592. The first-order chi connectivity index (χ1) is 9.20. The molecule has 0 bridgehead atoms. The molecule has 1 fully saturated rings. The average molecular weight is 343 g/mol. The fourth-order valence-electron chi connectivity index (χ4n) is 2.83. The molecule has 19 heavy (non-hydrogen) atoms. The van der Waals surface area contributed by atoms with Crippen LogP contribution in [0, 0.1) is 5.92 Å². The Balaban J connectivity index is 2.09. The molecule has 5 heteroatoms. The molecular weight excluding hydrogens is 326 g/mol. The number of fused-ring (bicyclic) bond motifs is 1. The molecule has 0 spiro atoms. The zero-order valence-corrected chi connectivity index (χ0v) is 13.3. The van der Waals surface area contributed by atoms with Gasteiger partial charge in [0.1, 0.15) is 11.3 Å². The van der Waals surface area contributed by atoms with Crippen LogP contribution < -0.4 is 0 Å². The van der Waals surface area contributed by atoms with E-state index in [9.17, 15) is 0 Å². The minimum Gasteiger partial charge on any atom is -0.310 e. The van der Waals surface area contributed by atoms with Crippen molar-refractivity contribution >= 4 is 38.7 Å². The summed E-state index contributed by atoms with van der Waals surface area (Å²) in [6, 6.07) is 2.50. The maximum Gasteiger partial charge on any atom is 0.160 e. The van der Waals surface area contributed by atoms with Gasteiger partial charge in [-0.3, -0.25) is 0 Å². The number of pyridine rings is 1. The third-order valence-corrected chi connectivity index (χ3v) is 4.75. The van der Waals surface area contributed by atoms with Gasteiger partial charge in [-0.2, -0.15) is 0 Å². The first-order valence-electron chi connectivity index (χ1n) is 6.79. The molecule has 0 aromatic carbocycles. The highest BCUT2D eigenvalue weighted by atomic mass is 79.9. The number of imidazole rings is 1. The third-order valence-electron chi connectivity index (χ3n) is 4.13. The molecule has 2 heterocycles. The van der Waals surface area contributed by atoms with E-state index >= 15 is 0 Å². The predicted octanol–water partition coefficient (Wildman–Crippen LogP) is 4.34. The van der Waals surface area contributed by atoms with Crippen molar-refractivity contribution in [3.05, 3.63) is 22.6 Å². The van der Waals surface area contributed by atoms with E-state index in [2.05, 4.69) is 32.4 Å². The van der Waals surface area contributed by atoms with Crippen molar-refractivity contribution in [2.45, 2.75) is 38.6 Å². The number of nitrogens with zero attached hydrogens (tertiary/aromatic N) is 3. The van der Waals surface area contributed by atoms with Gasteiger partial charge in [-0.05, 0) is 47.7 Å². The SMILES string of the molecule is CC(C1CCC1)n1c(CCCl)nc2cc(Br)cnc21. The van der Waals surface area contributed by atoms with E-state index in [1.54, 1.807) is 0 Å². The van der Waals surface area contributed by atoms with E-state index < -0.39 is 0 Å². The van der Waals surface area contributed by atoms with Gasteiger partial charge in [-0.25, -0.2) is 9.97 Å². The summed E-state index contributed by atoms with van der Waals surface area (Å²) in [6.45, 7) is 2.28. The summed E-state index contributed by atoms with van der Waals surface area (Å²) in [7, 11) is 0. The second-order valence-electron chi connectivity index (χ2n) is 5.26. The van der Waals surface area contributed by atoms with Crippen molar-refractivity contribution in [3.8, 4) is 0 Å². The lowest BCUT2D eigenvalue weighted by Crippen LogP contribution is -2.24. The zero-order chi connectivity index (χ0) is 13.4. The molecule has 102 valence electrons. The number of aryl methyl sites for hydroxylation is 1. The van der Waals surface area contributed by atoms with E-state index in [4.69, 9.17) is 16.6 Å². The van der Waals surface area contributed by atoms with E-state index in [1.165, 1.54) is 19.3 Å². The van der Waals surface area contributed by atoms with Gasteiger partial charge in [0.25, 0.3) is 0 Å². The monoisotopic (exact) mass is 341 g/mol. The molecule has 1 aliphatic carbocycles. The molecule has 0 aliphatic heterocycles. The summed E-state index contributed by atoms with van der Waals surface area (Å²) in [5, 5.41) is 0. The number of rotatable bonds is 4. The molecule has 0 N–H and O–H groups in total. The Hall–Kier alpha value is -0.610. The van der Waals surface area contributed by atoms with Crippen LogP contribution in [0.3, 0.4) is 0 Å². The predicted molar refractivity (Wildman–Crippen MR) is 81.7 cm³/mol. The van der Waals surface area contributed by atoms with E-state index in [1.807, 2.05) is 12.3 Å². The lowest BCUT2D eigenvalue weighted by atomic mass is 9.80. The van der Waals surface area contributed by atoms with Crippen molar-refractivity contribution < 1.29 is 0 Å². The summed E-state index contributed by atoms with van der Waals surface area (Å²) >= 11 is 9.37. The van der Waals surface area contributed by atoms with Crippen LogP contribution in [-0.2, 0) is 6.42 Å². The van der Waals surface area contributed by atoms with Crippen molar-refractivity contribution in [3.63, 3.8) is 0 Å². The summed E-state index contributed by atoms with van der Waals surface area (Å²) in [5.74, 6) is 2.42. The van der Waals surface area contributed by atoms with Crippen molar-refractivity contribution in [1.29, 1.82) is 0 Å². The Morgan fingerprint density at radius 1 is 1.53 bits per heavy atom. The normalized spacial score (nSPS) is 17.6. The highest BCUT2D eigenvalue weighted by Gasteiger charge is 2.28. The standard InChI is InChI=1S/C14H17BrClN3/c1-9(10-3-2-4-10)19-13(5-6-16)18-12-7-11(15)8-17-14(12)19/h7-10H,2-6H2,1H3. The van der Waals surface area contributed by atoms with E-state index in [0.29, 0.717) is 11.9 Å². The van der Waals surface area contributed by atoms with Crippen molar-refractivity contribution in [2.75, 3.05) is 5.88 Å². The second-order valence-corrected chi connectivity index (χ2v) is 6.56. The fraction of sp³-hybridized carbons (Fsp3) is 0.571. The first kappa shape index (κ1) is 13.4. The molecule has 1 unspecified atom stereocenters. The van der Waals surface area contributed by atoms with Gasteiger partial charge in [0, 0.05) is 29.0 Å². The van der Waals surface area contributed by atoms with Gasteiger partial charge in [-0.15, -0.1) is 11.6 Å². The van der Waals surface area contributed by atoms with Gasteiger partial charge >= 0.3 is 0 Å². The van der Waals surface area contributed by atoms with Gasteiger partial charge in [-0.1, -0.05) is 6.42 Å². The quantitative estimate of drug-likeness (QED) is 0.774. The minimum atomic E-state index is 0.464. The topological polar surface area (TPSA) is 30.7 Å². The molecular formula is C14H17BrClN3. The van der Waals surface area contributed by atoms with Gasteiger partial charge < -0.3 is 4.57 Å². The highest BCUT2D eigenvalue weighted by molar-refractivity contribution is 9.10. The second kappa shape index (κ2) is 5.41. The summed E-state index contributed by atoms with van der Waals surface area (Å²) < 4.78 is 3.27. The van der Waals surface area contributed by atoms with Crippen LogP contribution >= 0.6 is 27.5 Å². The molecule has 1 aliphatic rings. The Morgan fingerprint density at radius 2 is 2.32 bits per heavy atom. The fourth-order valence-corrected chi connectivity index (χ4v) is 3.31. The van der Waals surface area contributed by atoms with E-state index in [0.717, 1.165) is 33.8 Å². The first-order valence-corrected chi connectivity index (χ1v) is 8.11. The molecule has 0 radical (unpaired) electrons. The molecule has 0 amide bonds. The van der Waals surface area contributed by atoms with Crippen LogP contribution in [0.2, 0.25) is 0 Å². The average Bonchev–Trinajstić information content (AvgIpc) is 2.64. The molecule has 2 aromatic rings. The number of hydrogen-bond donors (Lipinski definition) is 0. The maximum atomic E-state index is 5.92. The van der Waals surface area contributed by atoms with Gasteiger partial charge in [0.15, 0.2) is 5.65 Å². The molecule has 1 saturated carbocycles. The number of alkyl halides is 1. The minimum absolute atomic E-state index is 0.464. The van der Waals surface area contributed by atoms with Crippen LogP contribution in [0.25, 0.3) is 11.2 Å². The lowest BCUT2D eigenvalue weighted by Gasteiger charge is -2.33. The number of aromatic nitrogens is 3. The maximum absolute atomic E-state index is 5.92. The number of halogens is 2. The lowest BCUT2D eigenvalue weighted by molar-refractivity contribution is 0.222. The van der Waals surface area contributed by atoms with Crippen LogP contribution in [0.15, 0.2) is 16.7 Å². The van der Waals surface area contributed by atoms with Crippen LogP contribution in [0.1, 0.15) is 38.1 Å². The molecule has 3 nitrogen and oxygen atoms in total. The largest absolute Gasteiger partial charge is 0.310 e. The molecule has 3 rings (SSSR count). The third kappa shape index (κ3) is 2.40. The summed E-state index contributed by atoms with van der Waals surface area (Å²) in [6.07, 6.45) is 6.63. The van der Waals surface area contributed by atoms with Crippen LogP contribution in [0.4, 0.5) is 0 Å². The zero-order valence-electron chi connectivity index (χ0n) is 10.9. The summed E-state index contributed by atoms with van der Waals surface area (Å²) in [4.78, 5) is 9.27. The molecule has 1 atom stereocenters. The van der Waals surface area contributed by atoms with Gasteiger partial charge in [0.2, 0.25) is 0 Å². The van der Waals surface area contributed by atoms with Crippen LogP contribution in [0.5, 0.6) is 0 Å². The highest BCUT2D eigenvalue weighted by Crippen LogP contribution is 2.38. The molecule has 2 aromatic heterocycles.